The third-order valence-electron chi connectivity index (χ3n) is 2.20. The summed E-state index contributed by atoms with van der Waals surface area (Å²) in [5.41, 5.74) is 3.79. The van der Waals surface area contributed by atoms with E-state index in [9.17, 15) is 5.11 Å². The van der Waals surface area contributed by atoms with Crippen molar-refractivity contribution in [3.8, 4) is 0 Å². The summed E-state index contributed by atoms with van der Waals surface area (Å²) >= 11 is 1.47. The highest BCUT2D eigenvalue weighted by atomic mass is 32.1. The first-order chi connectivity index (χ1) is 6.79. The summed E-state index contributed by atoms with van der Waals surface area (Å²) in [7, 11) is 0. The predicted molar refractivity (Wildman–Crippen MR) is 57.4 cm³/mol. The highest BCUT2D eigenvalue weighted by Crippen LogP contribution is 2.26. The Bertz CT molecular complexity index is 411. The molecule has 1 aromatic heterocycles. The summed E-state index contributed by atoms with van der Waals surface area (Å²) < 4.78 is 0. The summed E-state index contributed by atoms with van der Waals surface area (Å²) in [6.45, 7) is 2.00. The van der Waals surface area contributed by atoms with Crippen molar-refractivity contribution in [2.24, 2.45) is 0 Å². The normalized spacial score (nSPS) is 12.7. The summed E-state index contributed by atoms with van der Waals surface area (Å²) in [6.07, 6.45) is 1.17. The maximum Gasteiger partial charge on any atom is 0.115 e. The molecule has 0 radical (unpaired) electrons. The fraction of sp³-hybridized carbons (Fsp3) is 0.182. The van der Waals surface area contributed by atoms with Crippen LogP contribution in [0, 0.1) is 6.92 Å². The minimum absolute atomic E-state index is 0.538. The van der Waals surface area contributed by atoms with Crippen molar-refractivity contribution in [2.75, 3.05) is 0 Å². The molecule has 1 aromatic carbocycles. The van der Waals surface area contributed by atoms with Gasteiger partial charge in [-0.05, 0) is 18.1 Å². The molecule has 0 aliphatic rings. The van der Waals surface area contributed by atoms with Gasteiger partial charge in [-0.3, -0.25) is 4.98 Å². The van der Waals surface area contributed by atoms with Crippen molar-refractivity contribution in [3.63, 3.8) is 0 Å². The molecular formula is C11H11NOS. The van der Waals surface area contributed by atoms with E-state index in [4.69, 9.17) is 0 Å². The lowest BCUT2D eigenvalue weighted by Crippen LogP contribution is -1.99. The average Bonchev–Trinajstić information content (AvgIpc) is 2.70. The van der Waals surface area contributed by atoms with Crippen molar-refractivity contribution in [1.82, 2.24) is 4.98 Å². The van der Waals surface area contributed by atoms with E-state index in [2.05, 4.69) is 4.98 Å². The van der Waals surface area contributed by atoms with Crippen LogP contribution in [0.3, 0.4) is 0 Å². The summed E-state index contributed by atoms with van der Waals surface area (Å²) in [5, 5.41) is 10.0. The second-order valence-electron chi connectivity index (χ2n) is 3.16. The number of aromatic nitrogens is 1. The van der Waals surface area contributed by atoms with Gasteiger partial charge in [0.2, 0.25) is 0 Å². The van der Waals surface area contributed by atoms with Gasteiger partial charge in [0, 0.05) is 6.20 Å². The quantitative estimate of drug-likeness (QED) is 0.817. The lowest BCUT2D eigenvalue weighted by atomic mass is 10.0. The molecule has 1 atom stereocenters. The Morgan fingerprint density at radius 2 is 2.14 bits per heavy atom. The zero-order chi connectivity index (χ0) is 9.97. The number of hydrogen-bond donors (Lipinski definition) is 1. The van der Waals surface area contributed by atoms with E-state index in [0.29, 0.717) is 0 Å². The van der Waals surface area contributed by atoms with Crippen LogP contribution >= 0.6 is 11.3 Å². The molecule has 2 nitrogen and oxygen atoms in total. The molecule has 2 aromatic rings. The Morgan fingerprint density at radius 3 is 2.79 bits per heavy atom. The molecule has 3 heteroatoms. The van der Waals surface area contributed by atoms with Gasteiger partial charge in [0.25, 0.3) is 0 Å². The van der Waals surface area contributed by atoms with Gasteiger partial charge in [-0.2, -0.15) is 0 Å². The molecule has 0 bridgehead atoms. The van der Waals surface area contributed by atoms with Gasteiger partial charge in [0.05, 0.1) is 10.4 Å². The highest BCUT2D eigenvalue weighted by Gasteiger charge is 2.13. The van der Waals surface area contributed by atoms with Crippen LogP contribution in [0.15, 0.2) is 36.0 Å². The van der Waals surface area contributed by atoms with E-state index in [1.807, 2.05) is 31.2 Å². The van der Waals surface area contributed by atoms with E-state index in [-0.39, 0.29) is 0 Å². The second-order valence-corrected chi connectivity index (χ2v) is 4.08. The smallest absolute Gasteiger partial charge is 0.115 e. The summed E-state index contributed by atoms with van der Waals surface area (Å²) in [6, 6.07) is 7.85. The number of aliphatic hydroxyl groups excluding tert-OH is 1. The molecule has 1 N–H and O–H groups in total. The standard InChI is InChI=1S/C11H11NOS/c1-8-4-2-3-5-9(8)11(13)10-6-12-7-14-10/h2-7,11,13H,1H3. The predicted octanol–water partition coefficient (Wildman–Crippen LogP) is 2.53. The molecule has 0 aliphatic carbocycles. The van der Waals surface area contributed by atoms with Crippen LogP contribution in [0.1, 0.15) is 22.1 Å². The molecule has 0 aliphatic heterocycles. The first-order valence-electron chi connectivity index (χ1n) is 4.41. The number of aliphatic hydroxyl groups is 1. The zero-order valence-electron chi connectivity index (χ0n) is 7.84. The van der Waals surface area contributed by atoms with Crippen molar-refractivity contribution >= 4 is 11.3 Å². The van der Waals surface area contributed by atoms with Crippen LogP contribution in [0.25, 0.3) is 0 Å². The number of thiazole rings is 1. The van der Waals surface area contributed by atoms with Gasteiger partial charge in [-0.15, -0.1) is 11.3 Å². The molecule has 0 saturated heterocycles. The molecule has 0 fully saturated rings. The maximum atomic E-state index is 10.0. The molecule has 1 heterocycles. The molecule has 0 amide bonds. The lowest BCUT2D eigenvalue weighted by Gasteiger charge is -2.10. The minimum atomic E-state index is -0.538. The first kappa shape index (κ1) is 9.37. The fourth-order valence-corrected chi connectivity index (χ4v) is 2.03. The van der Waals surface area contributed by atoms with E-state index in [0.717, 1.165) is 16.0 Å². The third-order valence-corrected chi connectivity index (χ3v) is 3.03. The van der Waals surface area contributed by atoms with E-state index < -0.39 is 6.10 Å². The Hall–Kier alpha value is -1.19. The Kier molecular flexibility index (Phi) is 2.61. The van der Waals surface area contributed by atoms with Crippen LogP contribution in [-0.4, -0.2) is 10.1 Å². The van der Waals surface area contributed by atoms with Crippen LogP contribution in [0.4, 0.5) is 0 Å². The van der Waals surface area contributed by atoms with Crippen molar-refractivity contribution in [1.29, 1.82) is 0 Å². The number of hydrogen-bond acceptors (Lipinski definition) is 3. The SMILES string of the molecule is Cc1ccccc1C(O)c1cncs1. The van der Waals surface area contributed by atoms with Crippen LogP contribution in [-0.2, 0) is 0 Å². The maximum absolute atomic E-state index is 10.0. The van der Waals surface area contributed by atoms with Crippen molar-refractivity contribution in [3.05, 3.63) is 52.0 Å². The van der Waals surface area contributed by atoms with Crippen molar-refractivity contribution < 1.29 is 5.11 Å². The van der Waals surface area contributed by atoms with Gasteiger partial charge < -0.3 is 5.11 Å². The number of aryl methyl sites for hydroxylation is 1. The number of nitrogens with zero attached hydrogens (tertiary/aromatic N) is 1. The second kappa shape index (κ2) is 3.90. The lowest BCUT2D eigenvalue weighted by molar-refractivity contribution is 0.223. The van der Waals surface area contributed by atoms with Crippen LogP contribution in [0.5, 0.6) is 0 Å². The molecule has 0 spiro atoms. The van der Waals surface area contributed by atoms with Crippen molar-refractivity contribution in [2.45, 2.75) is 13.0 Å². The molecule has 14 heavy (non-hydrogen) atoms. The third kappa shape index (κ3) is 1.69. The topological polar surface area (TPSA) is 33.1 Å². The number of rotatable bonds is 2. The molecule has 2 rings (SSSR count). The fourth-order valence-electron chi connectivity index (χ4n) is 1.41. The molecule has 72 valence electrons. The van der Waals surface area contributed by atoms with E-state index in [1.165, 1.54) is 11.3 Å². The van der Waals surface area contributed by atoms with Crippen LogP contribution in [0.2, 0.25) is 0 Å². The van der Waals surface area contributed by atoms with Gasteiger partial charge in [0.15, 0.2) is 0 Å². The Labute approximate surface area is 86.9 Å². The summed E-state index contributed by atoms with van der Waals surface area (Å²) in [4.78, 5) is 4.85. The first-order valence-corrected chi connectivity index (χ1v) is 5.29. The number of benzene rings is 1. The molecule has 1 unspecified atom stereocenters. The average molecular weight is 205 g/mol. The zero-order valence-corrected chi connectivity index (χ0v) is 8.66. The van der Waals surface area contributed by atoms with Gasteiger partial charge >= 0.3 is 0 Å². The largest absolute Gasteiger partial charge is 0.383 e. The molecular weight excluding hydrogens is 194 g/mol. The minimum Gasteiger partial charge on any atom is -0.383 e. The van der Waals surface area contributed by atoms with Gasteiger partial charge in [0.1, 0.15) is 6.10 Å². The van der Waals surface area contributed by atoms with Gasteiger partial charge in [-0.1, -0.05) is 24.3 Å². The Balaban J connectivity index is 2.37. The highest BCUT2D eigenvalue weighted by molar-refractivity contribution is 7.09. The summed E-state index contributed by atoms with van der Waals surface area (Å²) in [5.74, 6) is 0. The van der Waals surface area contributed by atoms with E-state index >= 15 is 0 Å². The van der Waals surface area contributed by atoms with Crippen LogP contribution < -0.4 is 0 Å². The Morgan fingerprint density at radius 1 is 1.36 bits per heavy atom. The van der Waals surface area contributed by atoms with Gasteiger partial charge in [-0.25, -0.2) is 0 Å². The molecule has 0 saturated carbocycles. The van der Waals surface area contributed by atoms with E-state index in [1.54, 1.807) is 11.7 Å². The monoisotopic (exact) mass is 205 g/mol.